The van der Waals surface area contributed by atoms with E-state index in [0.717, 1.165) is 6.92 Å². The molecule has 0 spiro atoms. The van der Waals surface area contributed by atoms with Gasteiger partial charge in [0.05, 0.1) is 11.3 Å². The Hall–Kier alpha value is -1.94. The van der Waals surface area contributed by atoms with Crippen LogP contribution in [0.1, 0.15) is 18.1 Å². The molecule has 0 amide bonds. The average Bonchev–Trinajstić information content (AvgIpc) is 2.30. The topological polar surface area (TPSA) is 95.2 Å². The van der Waals surface area contributed by atoms with Crippen molar-refractivity contribution in [2.45, 2.75) is 17.9 Å². The van der Waals surface area contributed by atoms with Crippen molar-refractivity contribution in [3.05, 3.63) is 35.1 Å². The number of carbonyl (C=O) groups is 1. The predicted molar refractivity (Wildman–Crippen MR) is 60.8 cm³/mol. The van der Waals surface area contributed by atoms with Gasteiger partial charge in [-0.3, -0.25) is 4.79 Å². The van der Waals surface area contributed by atoms with Gasteiger partial charge >= 0.3 is 5.97 Å². The molecule has 1 N–H and O–H groups in total. The first kappa shape index (κ1) is 14.1. The van der Waals surface area contributed by atoms with Crippen LogP contribution in [0.15, 0.2) is 18.2 Å². The molecule has 0 radical (unpaired) electrons. The lowest BCUT2D eigenvalue weighted by Gasteiger charge is -2.09. The fourth-order valence-corrected chi connectivity index (χ4v) is 2.49. The minimum atomic E-state index is -4.01. The number of nitrogens with zero attached hydrogens (tertiary/aromatic N) is 1. The highest BCUT2D eigenvalue weighted by atomic mass is 32.2. The molecule has 1 aromatic rings. The second-order valence-corrected chi connectivity index (χ2v) is 6.00. The van der Waals surface area contributed by atoms with Crippen LogP contribution in [0.2, 0.25) is 0 Å². The summed E-state index contributed by atoms with van der Waals surface area (Å²) >= 11 is 0. The molecule has 5 nitrogen and oxygen atoms in total. The number of carboxylic acid groups (broad SMARTS) is 1. The summed E-state index contributed by atoms with van der Waals surface area (Å²) in [5, 5.41) is 15.6. The van der Waals surface area contributed by atoms with Crippen LogP contribution in [-0.2, 0) is 20.4 Å². The zero-order valence-electron chi connectivity index (χ0n) is 9.42. The van der Waals surface area contributed by atoms with E-state index >= 15 is 0 Å². The van der Waals surface area contributed by atoms with Crippen LogP contribution in [0.25, 0.3) is 0 Å². The van der Waals surface area contributed by atoms with Gasteiger partial charge in [0.2, 0.25) is 0 Å². The van der Waals surface area contributed by atoms with Crippen molar-refractivity contribution in [3.8, 4) is 6.07 Å². The van der Waals surface area contributed by atoms with Crippen molar-refractivity contribution in [1.82, 2.24) is 0 Å². The maximum Gasteiger partial charge on any atom is 0.321 e. The summed E-state index contributed by atoms with van der Waals surface area (Å²) in [6.45, 7) is 1.02. The highest BCUT2D eigenvalue weighted by Crippen LogP contribution is 2.17. The standard InChI is InChI=1S/C11H10FNO4S/c1-7(11(14)15)18(16,17)6-9-4-2-3-8(5-13)10(9)12/h2-4,7H,6H2,1H3,(H,14,15). The first-order chi connectivity index (χ1) is 8.29. The molecule has 1 rings (SSSR count). The van der Waals surface area contributed by atoms with Gasteiger partial charge in [-0.2, -0.15) is 5.26 Å². The molecule has 96 valence electrons. The summed E-state index contributed by atoms with van der Waals surface area (Å²) in [6.07, 6.45) is 0. The van der Waals surface area contributed by atoms with E-state index in [2.05, 4.69) is 0 Å². The van der Waals surface area contributed by atoms with Gasteiger partial charge in [0.15, 0.2) is 15.1 Å². The van der Waals surface area contributed by atoms with E-state index in [-0.39, 0.29) is 11.1 Å². The van der Waals surface area contributed by atoms with Crippen LogP contribution in [0.3, 0.4) is 0 Å². The molecule has 1 atom stereocenters. The van der Waals surface area contributed by atoms with Gasteiger partial charge in [-0.15, -0.1) is 0 Å². The lowest BCUT2D eigenvalue weighted by atomic mass is 10.1. The van der Waals surface area contributed by atoms with Crippen LogP contribution in [0.4, 0.5) is 4.39 Å². The SMILES string of the molecule is CC(C(=O)O)S(=O)(=O)Cc1cccc(C#N)c1F. The third-order valence-electron chi connectivity index (χ3n) is 2.44. The number of rotatable bonds is 4. The maximum atomic E-state index is 13.6. The average molecular weight is 271 g/mol. The number of benzene rings is 1. The molecule has 1 unspecified atom stereocenters. The molecule has 1 aromatic carbocycles. The summed E-state index contributed by atoms with van der Waals surface area (Å²) < 4.78 is 37.0. The van der Waals surface area contributed by atoms with Gasteiger partial charge in [0, 0.05) is 5.56 Å². The molecule has 0 aliphatic carbocycles. The van der Waals surface area contributed by atoms with Crippen molar-refractivity contribution in [2.75, 3.05) is 0 Å². The third-order valence-corrected chi connectivity index (χ3v) is 4.43. The summed E-state index contributed by atoms with van der Waals surface area (Å²) in [5.41, 5.74) is -0.479. The smallest absolute Gasteiger partial charge is 0.321 e. The fourth-order valence-electron chi connectivity index (χ4n) is 1.27. The highest BCUT2D eigenvalue weighted by Gasteiger charge is 2.29. The zero-order valence-corrected chi connectivity index (χ0v) is 10.2. The number of aliphatic carboxylic acids is 1. The number of halogens is 1. The lowest BCUT2D eigenvalue weighted by Crippen LogP contribution is -2.28. The fraction of sp³-hybridized carbons (Fsp3) is 0.273. The minimum Gasteiger partial charge on any atom is -0.480 e. The molecule has 0 saturated heterocycles. The van der Waals surface area contributed by atoms with Gasteiger partial charge in [-0.25, -0.2) is 12.8 Å². The summed E-state index contributed by atoms with van der Waals surface area (Å²) in [4.78, 5) is 10.6. The van der Waals surface area contributed by atoms with Crippen molar-refractivity contribution in [2.24, 2.45) is 0 Å². The zero-order chi connectivity index (χ0) is 13.9. The van der Waals surface area contributed by atoms with Crippen LogP contribution < -0.4 is 0 Å². The molecular weight excluding hydrogens is 261 g/mol. The largest absolute Gasteiger partial charge is 0.480 e. The normalized spacial score (nSPS) is 12.7. The van der Waals surface area contributed by atoms with Crippen molar-refractivity contribution in [3.63, 3.8) is 0 Å². The molecule has 7 heteroatoms. The van der Waals surface area contributed by atoms with E-state index in [9.17, 15) is 17.6 Å². The Morgan fingerprint density at radius 1 is 1.56 bits per heavy atom. The summed E-state index contributed by atoms with van der Waals surface area (Å²) in [7, 11) is -4.01. The van der Waals surface area contributed by atoms with Crippen molar-refractivity contribution < 1.29 is 22.7 Å². The Balaban J connectivity index is 3.14. The van der Waals surface area contributed by atoms with E-state index in [1.807, 2.05) is 0 Å². The number of carboxylic acids is 1. The second kappa shape index (κ2) is 5.14. The summed E-state index contributed by atoms with van der Waals surface area (Å²) in [5.74, 6) is -3.17. The molecule has 0 aromatic heterocycles. The minimum absolute atomic E-state index is 0.206. The Bertz CT molecular complexity index is 618. The monoisotopic (exact) mass is 271 g/mol. The Morgan fingerprint density at radius 3 is 2.67 bits per heavy atom. The van der Waals surface area contributed by atoms with E-state index in [1.165, 1.54) is 18.2 Å². The van der Waals surface area contributed by atoms with E-state index in [0.29, 0.717) is 0 Å². The molecule has 0 heterocycles. The number of sulfone groups is 1. The lowest BCUT2D eigenvalue weighted by molar-refractivity contribution is -0.136. The number of nitriles is 1. The van der Waals surface area contributed by atoms with Gasteiger partial charge < -0.3 is 5.11 Å². The van der Waals surface area contributed by atoms with Crippen molar-refractivity contribution in [1.29, 1.82) is 5.26 Å². The number of hydrogen-bond acceptors (Lipinski definition) is 4. The molecule has 0 saturated carbocycles. The highest BCUT2D eigenvalue weighted by molar-refractivity contribution is 7.91. The maximum absolute atomic E-state index is 13.6. The van der Waals surface area contributed by atoms with Crippen LogP contribution in [0.5, 0.6) is 0 Å². The van der Waals surface area contributed by atoms with Gasteiger partial charge in [0.25, 0.3) is 0 Å². The van der Waals surface area contributed by atoms with Gasteiger partial charge in [0.1, 0.15) is 11.9 Å². The van der Waals surface area contributed by atoms with Gasteiger partial charge in [-0.05, 0) is 13.0 Å². The molecule has 0 bridgehead atoms. The van der Waals surface area contributed by atoms with E-state index in [1.54, 1.807) is 6.07 Å². The molecule has 0 aliphatic heterocycles. The van der Waals surface area contributed by atoms with Crippen LogP contribution >= 0.6 is 0 Å². The Labute approximate surface area is 103 Å². The summed E-state index contributed by atoms with van der Waals surface area (Å²) in [6, 6.07) is 5.36. The number of hydrogen-bond donors (Lipinski definition) is 1. The molecule has 0 fully saturated rings. The van der Waals surface area contributed by atoms with Gasteiger partial charge in [-0.1, -0.05) is 12.1 Å². The Kier molecular flexibility index (Phi) is 4.03. The predicted octanol–water partition coefficient (Wildman–Crippen LogP) is 1.09. The quantitative estimate of drug-likeness (QED) is 0.884. The van der Waals surface area contributed by atoms with Crippen molar-refractivity contribution >= 4 is 15.8 Å². The van der Waals surface area contributed by atoms with E-state index < -0.39 is 32.6 Å². The first-order valence-corrected chi connectivity index (χ1v) is 6.63. The third kappa shape index (κ3) is 2.84. The molecule has 18 heavy (non-hydrogen) atoms. The van der Waals surface area contributed by atoms with Crippen LogP contribution in [-0.4, -0.2) is 24.7 Å². The molecular formula is C11H10FNO4S. The second-order valence-electron chi connectivity index (χ2n) is 3.68. The molecule has 0 aliphatic rings. The van der Waals surface area contributed by atoms with Crippen LogP contribution in [0, 0.1) is 17.1 Å². The first-order valence-electron chi connectivity index (χ1n) is 4.91. The Morgan fingerprint density at radius 2 is 2.17 bits per heavy atom. The van der Waals surface area contributed by atoms with E-state index in [4.69, 9.17) is 10.4 Å².